The maximum absolute atomic E-state index is 12.8. The van der Waals surface area contributed by atoms with Gasteiger partial charge >= 0.3 is 0 Å². The minimum atomic E-state index is -0.759. The third-order valence-electron chi connectivity index (χ3n) is 4.41. The molecule has 5 nitrogen and oxygen atoms in total. The molecular weight excluding hydrogens is 340 g/mol. The summed E-state index contributed by atoms with van der Waals surface area (Å²) in [5.41, 5.74) is 2.37. The van der Waals surface area contributed by atoms with Gasteiger partial charge in [-0.05, 0) is 44.4 Å². The zero-order valence-corrected chi connectivity index (χ0v) is 16.1. The Morgan fingerprint density at radius 1 is 1.07 bits per heavy atom. The van der Waals surface area contributed by atoms with Gasteiger partial charge in [0.1, 0.15) is 0 Å². The van der Waals surface area contributed by atoms with Crippen molar-refractivity contribution >= 4 is 17.5 Å². The van der Waals surface area contributed by atoms with E-state index < -0.39 is 11.7 Å². The number of carbonyl (C=O) groups is 2. The van der Waals surface area contributed by atoms with Crippen molar-refractivity contribution in [2.24, 2.45) is 0 Å². The monoisotopic (exact) mass is 366 g/mol. The lowest BCUT2D eigenvalue weighted by Gasteiger charge is -2.27. The maximum atomic E-state index is 12.8. The molecule has 1 atom stereocenters. The molecule has 1 aliphatic rings. The van der Waals surface area contributed by atoms with Gasteiger partial charge in [-0.3, -0.25) is 9.59 Å². The lowest BCUT2D eigenvalue weighted by molar-refractivity contribution is -0.144. The van der Waals surface area contributed by atoms with Gasteiger partial charge in [-0.2, -0.15) is 0 Å². The summed E-state index contributed by atoms with van der Waals surface area (Å²) in [5, 5.41) is 2.76. The number of hydrogen-bond acceptors (Lipinski definition) is 3. The van der Waals surface area contributed by atoms with Crippen LogP contribution in [0.15, 0.2) is 54.6 Å². The first-order chi connectivity index (χ1) is 12.8. The quantitative estimate of drug-likeness (QED) is 0.884. The number of fused-ring (bicyclic) bond motifs is 1. The van der Waals surface area contributed by atoms with Crippen molar-refractivity contribution in [3.05, 3.63) is 65.7 Å². The molecule has 0 fully saturated rings. The van der Waals surface area contributed by atoms with E-state index in [0.717, 1.165) is 23.2 Å². The van der Waals surface area contributed by atoms with Crippen LogP contribution in [-0.4, -0.2) is 30.5 Å². The number of nitrogens with zero attached hydrogens (tertiary/aromatic N) is 1. The molecule has 0 aromatic heterocycles. The van der Waals surface area contributed by atoms with E-state index in [4.69, 9.17) is 4.74 Å². The Labute approximate surface area is 160 Å². The van der Waals surface area contributed by atoms with E-state index in [2.05, 4.69) is 5.32 Å². The number of nitrogens with one attached hydrogen (secondary N) is 1. The summed E-state index contributed by atoms with van der Waals surface area (Å²) in [6, 6.07) is 17.2. The Kier molecular flexibility index (Phi) is 5.61. The van der Waals surface area contributed by atoms with Gasteiger partial charge in [-0.1, -0.05) is 48.5 Å². The summed E-state index contributed by atoms with van der Waals surface area (Å²) >= 11 is 0. The number of para-hydroxylation sites is 1. The van der Waals surface area contributed by atoms with Gasteiger partial charge in [0.25, 0.3) is 5.91 Å². The molecule has 3 rings (SSSR count). The van der Waals surface area contributed by atoms with Crippen LogP contribution in [0.2, 0.25) is 0 Å². The molecular formula is C22H26N2O3. The molecule has 0 saturated heterocycles. The lowest BCUT2D eigenvalue weighted by atomic mass is 10.1. The predicted octanol–water partition coefficient (Wildman–Crippen LogP) is 3.25. The largest absolute Gasteiger partial charge is 0.358 e. The van der Waals surface area contributed by atoms with Crippen molar-refractivity contribution in [3.8, 4) is 0 Å². The standard InChI is InChI=1S/C22H26N2O3/c1-22(2,3)27-20(17-10-5-4-6-11-17)21(26)23-15-19(25)24-14-13-16-9-7-8-12-18(16)24/h4-12,20H,13-15H2,1-3H3,(H,23,26). The first-order valence-electron chi connectivity index (χ1n) is 9.24. The number of benzene rings is 2. The third-order valence-corrected chi connectivity index (χ3v) is 4.41. The molecule has 5 heteroatoms. The number of anilines is 1. The molecule has 0 spiro atoms. The van der Waals surface area contributed by atoms with Crippen molar-refractivity contribution in [2.45, 2.75) is 38.9 Å². The van der Waals surface area contributed by atoms with Crippen LogP contribution in [0.1, 0.15) is 38.0 Å². The lowest BCUT2D eigenvalue weighted by Crippen LogP contribution is -2.42. The molecule has 1 heterocycles. The van der Waals surface area contributed by atoms with Crippen LogP contribution in [0, 0.1) is 0 Å². The molecule has 1 aliphatic heterocycles. The topological polar surface area (TPSA) is 58.6 Å². The van der Waals surface area contributed by atoms with E-state index >= 15 is 0 Å². The van der Waals surface area contributed by atoms with Crippen molar-refractivity contribution in [1.82, 2.24) is 5.32 Å². The van der Waals surface area contributed by atoms with Gasteiger partial charge in [0.2, 0.25) is 5.91 Å². The van der Waals surface area contributed by atoms with Gasteiger partial charge in [0.05, 0.1) is 12.1 Å². The van der Waals surface area contributed by atoms with Crippen LogP contribution in [-0.2, 0) is 20.7 Å². The Balaban J connectivity index is 1.67. The number of rotatable bonds is 5. The highest BCUT2D eigenvalue weighted by Gasteiger charge is 2.29. The molecule has 2 aromatic rings. The van der Waals surface area contributed by atoms with Crippen LogP contribution >= 0.6 is 0 Å². The van der Waals surface area contributed by atoms with E-state index in [1.54, 1.807) is 4.90 Å². The van der Waals surface area contributed by atoms with Crippen LogP contribution < -0.4 is 10.2 Å². The molecule has 2 aromatic carbocycles. The van der Waals surface area contributed by atoms with Crippen LogP contribution in [0.5, 0.6) is 0 Å². The van der Waals surface area contributed by atoms with Gasteiger partial charge in [-0.15, -0.1) is 0 Å². The van der Waals surface area contributed by atoms with Gasteiger partial charge in [0, 0.05) is 12.2 Å². The molecule has 0 radical (unpaired) electrons. The summed E-state index contributed by atoms with van der Waals surface area (Å²) in [6.45, 7) is 6.31. The summed E-state index contributed by atoms with van der Waals surface area (Å²) in [4.78, 5) is 27.1. The van der Waals surface area contributed by atoms with Crippen molar-refractivity contribution in [1.29, 1.82) is 0 Å². The molecule has 142 valence electrons. The fraction of sp³-hybridized carbons (Fsp3) is 0.364. The molecule has 0 saturated carbocycles. The maximum Gasteiger partial charge on any atom is 0.254 e. The fourth-order valence-corrected chi connectivity index (χ4v) is 3.20. The van der Waals surface area contributed by atoms with Crippen molar-refractivity contribution in [2.75, 3.05) is 18.0 Å². The second kappa shape index (κ2) is 7.92. The first-order valence-corrected chi connectivity index (χ1v) is 9.24. The highest BCUT2D eigenvalue weighted by atomic mass is 16.5. The van der Waals surface area contributed by atoms with Gasteiger partial charge in [0.15, 0.2) is 6.10 Å². The molecule has 1 N–H and O–H groups in total. The van der Waals surface area contributed by atoms with E-state index in [1.807, 2.05) is 75.4 Å². The van der Waals surface area contributed by atoms with Crippen LogP contribution in [0.4, 0.5) is 5.69 Å². The second-order valence-electron chi connectivity index (χ2n) is 7.66. The zero-order chi connectivity index (χ0) is 19.4. The smallest absolute Gasteiger partial charge is 0.254 e. The number of ether oxygens (including phenoxy) is 1. The van der Waals surface area contributed by atoms with Crippen LogP contribution in [0.3, 0.4) is 0 Å². The Hall–Kier alpha value is -2.66. The van der Waals surface area contributed by atoms with Crippen molar-refractivity contribution in [3.63, 3.8) is 0 Å². The van der Waals surface area contributed by atoms with E-state index in [-0.39, 0.29) is 18.4 Å². The molecule has 0 bridgehead atoms. The highest BCUT2D eigenvalue weighted by molar-refractivity contribution is 5.98. The van der Waals surface area contributed by atoms with Crippen LogP contribution in [0.25, 0.3) is 0 Å². The average molecular weight is 366 g/mol. The average Bonchev–Trinajstić information content (AvgIpc) is 3.08. The Bertz CT molecular complexity index is 812. The second-order valence-corrected chi connectivity index (χ2v) is 7.66. The summed E-state index contributed by atoms with van der Waals surface area (Å²) in [7, 11) is 0. The third kappa shape index (κ3) is 4.74. The molecule has 1 unspecified atom stereocenters. The van der Waals surface area contributed by atoms with E-state index in [0.29, 0.717) is 6.54 Å². The van der Waals surface area contributed by atoms with Gasteiger partial charge < -0.3 is 15.0 Å². The van der Waals surface area contributed by atoms with Crippen molar-refractivity contribution < 1.29 is 14.3 Å². The molecule has 0 aliphatic carbocycles. The predicted molar refractivity (Wildman–Crippen MR) is 106 cm³/mol. The minimum absolute atomic E-state index is 0.0516. The number of amides is 2. The van der Waals surface area contributed by atoms with E-state index in [1.165, 1.54) is 0 Å². The zero-order valence-electron chi connectivity index (χ0n) is 16.1. The minimum Gasteiger partial charge on any atom is -0.358 e. The van der Waals surface area contributed by atoms with E-state index in [9.17, 15) is 9.59 Å². The summed E-state index contributed by atoms with van der Waals surface area (Å²) in [6.07, 6.45) is 0.0835. The van der Waals surface area contributed by atoms with Gasteiger partial charge in [-0.25, -0.2) is 0 Å². The molecule has 2 amide bonds. The molecule has 27 heavy (non-hydrogen) atoms. The first kappa shape index (κ1) is 19.1. The highest BCUT2D eigenvalue weighted by Crippen LogP contribution is 2.27. The fourth-order valence-electron chi connectivity index (χ4n) is 3.20. The summed E-state index contributed by atoms with van der Waals surface area (Å²) in [5.74, 6) is -0.423. The Morgan fingerprint density at radius 3 is 2.44 bits per heavy atom. The number of hydrogen-bond donors (Lipinski definition) is 1. The Morgan fingerprint density at radius 2 is 1.74 bits per heavy atom. The SMILES string of the molecule is CC(C)(C)OC(C(=O)NCC(=O)N1CCc2ccccc21)c1ccccc1. The normalized spacial score (nSPS) is 14.6. The summed E-state index contributed by atoms with van der Waals surface area (Å²) < 4.78 is 5.96. The number of carbonyl (C=O) groups excluding carboxylic acids is 2.